The molecular formula is C23H33FO3. The van der Waals surface area contributed by atoms with E-state index in [1.54, 1.807) is 26.8 Å². The third-order valence-corrected chi connectivity index (χ3v) is 5.79. The molecule has 1 aromatic carbocycles. The summed E-state index contributed by atoms with van der Waals surface area (Å²) in [5, 5.41) is 0. The van der Waals surface area contributed by atoms with Crippen LogP contribution in [0.1, 0.15) is 95.0 Å². The number of hydrogen-bond acceptors (Lipinski definition) is 3. The second-order valence-electron chi connectivity index (χ2n) is 9.93. The molecular weight excluding hydrogens is 343 g/mol. The molecule has 0 aromatic heterocycles. The summed E-state index contributed by atoms with van der Waals surface area (Å²) in [4.78, 5) is 12.4. The van der Waals surface area contributed by atoms with Crippen molar-refractivity contribution in [1.82, 2.24) is 0 Å². The van der Waals surface area contributed by atoms with Crippen LogP contribution < -0.4 is 4.74 Å². The van der Waals surface area contributed by atoms with E-state index < -0.39 is 17.4 Å². The van der Waals surface area contributed by atoms with E-state index in [-0.39, 0.29) is 11.0 Å². The Labute approximate surface area is 162 Å². The standard InChI is InChI=1S/C23H33FO3/c1-15-8-10-23(5,11-9-15)14-26-20-13-19(24)18(12-17(20)16-6-7-16)21(25)27-22(2,3)4/h12-13,15-16H,6-11,14H2,1-5H3. The van der Waals surface area contributed by atoms with Gasteiger partial charge in [0.2, 0.25) is 0 Å². The van der Waals surface area contributed by atoms with Gasteiger partial charge >= 0.3 is 5.97 Å². The SMILES string of the molecule is CC1CCC(C)(COc2cc(F)c(C(=O)OC(C)(C)C)cc2C2CC2)CC1. The minimum absolute atomic E-state index is 0.0110. The average molecular weight is 377 g/mol. The zero-order chi connectivity index (χ0) is 19.8. The molecule has 2 aliphatic carbocycles. The number of carbonyl (C=O) groups is 1. The molecule has 0 aliphatic heterocycles. The largest absolute Gasteiger partial charge is 0.493 e. The van der Waals surface area contributed by atoms with Crippen molar-refractivity contribution in [2.75, 3.05) is 6.61 Å². The highest BCUT2D eigenvalue weighted by Gasteiger charge is 2.33. The van der Waals surface area contributed by atoms with E-state index in [1.165, 1.54) is 18.9 Å². The average Bonchev–Trinajstić information content (AvgIpc) is 3.39. The molecule has 150 valence electrons. The van der Waals surface area contributed by atoms with Crippen LogP contribution in [-0.4, -0.2) is 18.2 Å². The molecule has 0 saturated heterocycles. The van der Waals surface area contributed by atoms with E-state index in [4.69, 9.17) is 9.47 Å². The molecule has 3 nitrogen and oxygen atoms in total. The van der Waals surface area contributed by atoms with Crippen molar-refractivity contribution in [3.8, 4) is 5.75 Å². The number of benzene rings is 1. The van der Waals surface area contributed by atoms with Crippen molar-refractivity contribution in [2.45, 2.75) is 84.7 Å². The van der Waals surface area contributed by atoms with Crippen molar-refractivity contribution in [2.24, 2.45) is 11.3 Å². The third kappa shape index (κ3) is 5.24. The molecule has 0 unspecified atom stereocenters. The molecule has 0 N–H and O–H groups in total. The molecule has 2 saturated carbocycles. The Kier molecular flexibility index (Phi) is 5.56. The van der Waals surface area contributed by atoms with Gasteiger partial charge < -0.3 is 9.47 Å². The highest BCUT2D eigenvalue weighted by molar-refractivity contribution is 5.90. The summed E-state index contributed by atoms with van der Waals surface area (Å²) in [6.45, 7) is 10.5. The summed E-state index contributed by atoms with van der Waals surface area (Å²) in [7, 11) is 0. The Morgan fingerprint density at radius 3 is 2.37 bits per heavy atom. The van der Waals surface area contributed by atoms with Crippen molar-refractivity contribution in [3.05, 3.63) is 29.1 Å². The lowest BCUT2D eigenvalue weighted by molar-refractivity contribution is 0.00644. The van der Waals surface area contributed by atoms with Gasteiger partial charge in [0.05, 0.1) is 12.2 Å². The molecule has 3 rings (SSSR count). The first-order chi connectivity index (χ1) is 12.6. The van der Waals surface area contributed by atoms with Gasteiger partial charge in [-0.3, -0.25) is 0 Å². The first-order valence-electron chi connectivity index (χ1n) is 10.3. The van der Waals surface area contributed by atoms with Gasteiger partial charge in [0.1, 0.15) is 17.2 Å². The van der Waals surface area contributed by atoms with Gasteiger partial charge in [-0.05, 0) is 69.9 Å². The van der Waals surface area contributed by atoms with Crippen LogP contribution in [0.4, 0.5) is 4.39 Å². The number of carbonyl (C=O) groups excluding carboxylic acids is 1. The highest BCUT2D eigenvalue weighted by atomic mass is 19.1. The zero-order valence-corrected chi connectivity index (χ0v) is 17.4. The molecule has 0 bridgehead atoms. The Morgan fingerprint density at radius 2 is 1.81 bits per heavy atom. The topological polar surface area (TPSA) is 35.5 Å². The predicted octanol–water partition coefficient (Wildman–Crippen LogP) is 6.25. The Balaban J connectivity index is 1.77. The molecule has 0 radical (unpaired) electrons. The lowest BCUT2D eigenvalue weighted by Gasteiger charge is -2.36. The summed E-state index contributed by atoms with van der Waals surface area (Å²) in [5.74, 6) is 0.571. The Hall–Kier alpha value is -1.58. The fourth-order valence-corrected chi connectivity index (χ4v) is 3.76. The van der Waals surface area contributed by atoms with Gasteiger partial charge in [0.25, 0.3) is 0 Å². The summed E-state index contributed by atoms with van der Waals surface area (Å²) >= 11 is 0. The summed E-state index contributed by atoms with van der Waals surface area (Å²) < 4.78 is 26.2. The van der Waals surface area contributed by atoms with Crippen LogP contribution in [0.5, 0.6) is 5.75 Å². The van der Waals surface area contributed by atoms with Crippen LogP contribution in [0.2, 0.25) is 0 Å². The van der Waals surface area contributed by atoms with Crippen molar-refractivity contribution < 1.29 is 18.7 Å². The number of rotatable bonds is 5. The quantitative estimate of drug-likeness (QED) is 0.570. The highest BCUT2D eigenvalue weighted by Crippen LogP contribution is 2.46. The lowest BCUT2D eigenvalue weighted by Crippen LogP contribution is -2.30. The Bertz CT molecular complexity index is 692. The van der Waals surface area contributed by atoms with E-state index >= 15 is 0 Å². The molecule has 0 atom stereocenters. The molecule has 2 aliphatic rings. The second-order valence-corrected chi connectivity index (χ2v) is 9.93. The summed E-state index contributed by atoms with van der Waals surface area (Å²) in [5.41, 5.74) is 0.459. The van der Waals surface area contributed by atoms with Crippen LogP contribution in [0, 0.1) is 17.2 Å². The molecule has 0 spiro atoms. The molecule has 1 aromatic rings. The van der Waals surface area contributed by atoms with Crippen LogP contribution in [0.25, 0.3) is 0 Å². The van der Waals surface area contributed by atoms with Crippen LogP contribution in [0.15, 0.2) is 12.1 Å². The summed E-state index contributed by atoms with van der Waals surface area (Å²) in [6.07, 6.45) is 6.86. The first-order valence-corrected chi connectivity index (χ1v) is 10.3. The molecule has 2 fully saturated rings. The van der Waals surface area contributed by atoms with Gasteiger partial charge in [-0.1, -0.05) is 26.7 Å². The number of esters is 1. The fraction of sp³-hybridized carbons (Fsp3) is 0.696. The number of ether oxygens (including phenoxy) is 2. The zero-order valence-electron chi connectivity index (χ0n) is 17.4. The van der Waals surface area contributed by atoms with Crippen LogP contribution in [0.3, 0.4) is 0 Å². The van der Waals surface area contributed by atoms with E-state index in [0.29, 0.717) is 18.3 Å². The maximum Gasteiger partial charge on any atom is 0.341 e. The van der Waals surface area contributed by atoms with Gasteiger partial charge in [0.15, 0.2) is 0 Å². The van der Waals surface area contributed by atoms with Crippen molar-refractivity contribution in [1.29, 1.82) is 0 Å². The molecule has 4 heteroatoms. The molecule has 0 heterocycles. The maximum absolute atomic E-state index is 14.7. The van der Waals surface area contributed by atoms with Gasteiger partial charge in [-0.2, -0.15) is 0 Å². The van der Waals surface area contributed by atoms with Crippen LogP contribution in [-0.2, 0) is 4.74 Å². The molecule has 27 heavy (non-hydrogen) atoms. The van der Waals surface area contributed by atoms with E-state index in [2.05, 4.69) is 13.8 Å². The minimum Gasteiger partial charge on any atom is -0.493 e. The van der Waals surface area contributed by atoms with Gasteiger partial charge in [0, 0.05) is 11.5 Å². The van der Waals surface area contributed by atoms with E-state index in [1.807, 2.05) is 0 Å². The normalized spacial score (nSPS) is 25.9. The van der Waals surface area contributed by atoms with E-state index in [9.17, 15) is 9.18 Å². The number of halogens is 1. The summed E-state index contributed by atoms with van der Waals surface area (Å²) in [6, 6.07) is 3.05. The minimum atomic E-state index is -0.648. The second kappa shape index (κ2) is 7.44. The maximum atomic E-state index is 14.7. The van der Waals surface area contributed by atoms with Crippen molar-refractivity contribution >= 4 is 5.97 Å². The monoisotopic (exact) mass is 376 g/mol. The first kappa shape index (κ1) is 20.2. The predicted molar refractivity (Wildman–Crippen MR) is 105 cm³/mol. The molecule has 0 amide bonds. The number of hydrogen-bond donors (Lipinski definition) is 0. The van der Waals surface area contributed by atoms with Crippen molar-refractivity contribution in [3.63, 3.8) is 0 Å². The van der Waals surface area contributed by atoms with E-state index in [0.717, 1.165) is 37.2 Å². The van der Waals surface area contributed by atoms with Gasteiger partial charge in [-0.25, -0.2) is 9.18 Å². The van der Waals surface area contributed by atoms with Gasteiger partial charge in [-0.15, -0.1) is 0 Å². The smallest absolute Gasteiger partial charge is 0.341 e. The third-order valence-electron chi connectivity index (χ3n) is 5.79. The van der Waals surface area contributed by atoms with Crippen LogP contribution >= 0.6 is 0 Å². The lowest BCUT2D eigenvalue weighted by atomic mass is 9.73. The Morgan fingerprint density at radius 1 is 1.19 bits per heavy atom. The fourth-order valence-electron chi connectivity index (χ4n) is 3.76.